The summed E-state index contributed by atoms with van der Waals surface area (Å²) >= 11 is 0. The summed E-state index contributed by atoms with van der Waals surface area (Å²) in [6.45, 7) is 6.31. The van der Waals surface area contributed by atoms with Crippen molar-refractivity contribution in [2.75, 3.05) is 24.5 Å². The van der Waals surface area contributed by atoms with E-state index >= 15 is 0 Å². The molecule has 0 aromatic carbocycles. The molecule has 3 N–H and O–H groups in total. The molecule has 120 valence electrons. The van der Waals surface area contributed by atoms with E-state index < -0.39 is 5.54 Å². The average molecular weight is 335 g/mol. The van der Waals surface area contributed by atoms with Crippen molar-refractivity contribution in [1.82, 2.24) is 10.3 Å². The van der Waals surface area contributed by atoms with Crippen LogP contribution < -0.4 is 16.0 Å². The Morgan fingerprint density at radius 3 is 2.43 bits per heavy atom. The van der Waals surface area contributed by atoms with Gasteiger partial charge in [-0.25, -0.2) is 4.98 Å². The highest BCUT2D eigenvalue weighted by molar-refractivity contribution is 5.94. The number of pyridine rings is 1. The fourth-order valence-corrected chi connectivity index (χ4v) is 2.06. The molecule has 21 heavy (non-hydrogen) atoms. The fraction of sp³-hybridized carbons (Fsp3) is 0.571. The number of hydrogen-bond acceptors (Lipinski definition) is 4. The number of carbonyl (C=O) groups excluding carboxylic acids is 1. The Balaban J connectivity index is 0.00000200. The van der Waals surface area contributed by atoms with Crippen molar-refractivity contribution < 1.29 is 4.79 Å². The van der Waals surface area contributed by atoms with Gasteiger partial charge in [0.25, 0.3) is 5.91 Å². The van der Waals surface area contributed by atoms with E-state index in [1.165, 1.54) is 12.8 Å². The second kappa shape index (κ2) is 8.41. The molecule has 5 nitrogen and oxygen atoms in total. The molecule has 1 aliphatic rings. The Morgan fingerprint density at radius 2 is 1.95 bits per heavy atom. The number of rotatable bonds is 4. The molecule has 1 amide bonds. The number of nitrogens with one attached hydrogen (secondary N) is 1. The molecule has 1 saturated heterocycles. The zero-order valence-electron chi connectivity index (χ0n) is 12.5. The average Bonchev–Trinajstić information content (AvgIpc) is 2.89. The summed E-state index contributed by atoms with van der Waals surface area (Å²) in [6.07, 6.45) is 4.07. The molecule has 0 saturated carbocycles. The molecule has 0 aliphatic carbocycles. The van der Waals surface area contributed by atoms with Crippen molar-refractivity contribution in [1.29, 1.82) is 0 Å². The zero-order chi connectivity index (χ0) is 13.9. The van der Waals surface area contributed by atoms with Crippen LogP contribution in [0.2, 0.25) is 0 Å². The summed E-state index contributed by atoms with van der Waals surface area (Å²) in [5, 5.41) is 2.81. The minimum Gasteiger partial charge on any atom is -0.357 e. The van der Waals surface area contributed by atoms with Crippen LogP contribution in [0, 0.1) is 0 Å². The van der Waals surface area contributed by atoms with Gasteiger partial charge in [0.1, 0.15) is 5.82 Å². The van der Waals surface area contributed by atoms with E-state index in [0.717, 1.165) is 18.9 Å². The Morgan fingerprint density at radius 1 is 1.33 bits per heavy atom. The predicted molar refractivity (Wildman–Crippen MR) is 90.8 cm³/mol. The maximum absolute atomic E-state index is 11.9. The molecule has 7 heteroatoms. The highest BCUT2D eigenvalue weighted by Crippen LogP contribution is 2.17. The first-order chi connectivity index (χ1) is 8.96. The van der Waals surface area contributed by atoms with Crippen molar-refractivity contribution in [3.8, 4) is 0 Å². The van der Waals surface area contributed by atoms with Crippen LogP contribution in [0.4, 0.5) is 5.82 Å². The first kappa shape index (κ1) is 20.0. The summed E-state index contributed by atoms with van der Waals surface area (Å²) in [5.74, 6) is 0.826. The third-order valence-corrected chi connectivity index (χ3v) is 3.14. The number of amides is 1. The highest BCUT2D eigenvalue weighted by Gasteiger charge is 2.16. The smallest absolute Gasteiger partial charge is 0.252 e. The molecule has 1 aromatic rings. The number of nitrogens with zero attached hydrogens (tertiary/aromatic N) is 2. The van der Waals surface area contributed by atoms with Crippen LogP contribution in [0.25, 0.3) is 0 Å². The Kier molecular flexibility index (Phi) is 8.00. The Bertz CT molecular complexity index is 439. The minimum absolute atomic E-state index is 0. The number of carbonyl (C=O) groups is 1. The van der Waals surface area contributed by atoms with Crippen LogP contribution in [0.3, 0.4) is 0 Å². The first-order valence-electron chi connectivity index (χ1n) is 6.74. The summed E-state index contributed by atoms with van der Waals surface area (Å²) in [6, 6.07) is 3.73. The largest absolute Gasteiger partial charge is 0.357 e. The molecule has 1 aromatic heterocycles. The summed E-state index contributed by atoms with van der Waals surface area (Å²) in [7, 11) is 0. The highest BCUT2D eigenvalue weighted by atomic mass is 35.5. The number of halogens is 2. The van der Waals surface area contributed by atoms with Crippen LogP contribution >= 0.6 is 24.8 Å². The lowest BCUT2D eigenvalue weighted by Crippen LogP contribution is -2.45. The Hall–Kier alpha value is -1.04. The van der Waals surface area contributed by atoms with Gasteiger partial charge in [-0.2, -0.15) is 0 Å². The molecule has 0 unspecified atom stereocenters. The van der Waals surface area contributed by atoms with E-state index in [1.54, 1.807) is 6.20 Å². The molecular weight excluding hydrogens is 311 g/mol. The van der Waals surface area contributed by atoms with E-state index in [9.17, 15) is 4.79 Å². The molecular formula is C14H24Cl2N4O. The van der Waals surface area contributed by atoms with Gasteiger partial charge in [0, 0.05) is 31.4 Å². The lowest BCUT2D eigenvalue weighted by atomic mass is 10.1. The topological polar surface area (TPSA) is 71.2 Å². The second-order valence-corrected chi connectivity index (χ2v) is 5.77. The lowest BCUT2D eigenvalue weighted by molar-refractivity contribution is 0.0945. The van der Waals surface area contributed by atoms with Gasteiger partial charge in [0.05, 0.1) is 5.56 Å². The van der Waals surface area contributed by atoms with Crippen molar-refractivity contribution in [3.63, 3.8) is 0 Å². The van der Waals surface area contributed by atoms with Gasteiger partial charge >= 0.3 is 0 Å². The normalized spacial score (nSPS) is 14.1. The van der Waals surface area contributed by atoms with Gasteiger partial charge in [-0.3, -0.25) is 4.79 Å². The number of hydrogen-bond donors (Lipinski definition) is 2. The van der Waals surface area contributed by atoms with Gasteiger partial charge in [-0.05, 0) is 38.8 Å². The van der Waals surface area contributed by atoms with Crippen LogP contribution in [-0.2, 0) is 0 Å². The number of anilines is 1. The molecule has 2 rings (SSSR count). The number of aromatic nitrogens is 1. The van der Waals surface area contributed by atoms with E-state index in [2.05, 4.69) is 15.2 Å². The summed E-state index contributed by atoms with van der Waals surface area (Å²) in [4.78, 5) is 18.5. The molecule has 0 spiro atoms. The van der Waals surface area contributed by atoms with Crippen molar-refractivity contribution >= 4 is 36.5 Å². The fourth-order valence-electron chi connectivity index (χ4n) is 2.06. The third kappa shape index (κ3) is 6.08. The minimum atomic E-state index is -0.404. The molecule has 0 bridgehead atoms. The van der Waals surface area contributed by atoms with Gasteiger partial charge in [0.2, 0.25) is 0 Å². The SMILES string of the molecule is CC(C)(N)CNC(=O)c1ccc(N2CCCC2)nc1.Cl.Cl. The molecule has 1 aliphatic heterocycles. The quantitative estimate of drug-likeness (QED) is 0.883. The van der Waals surface area contributed by atoms with E-state index in [1.807, 2.05) is 26.0 Å². The lowest BCUT2D eigenvalue weighted by Gasteiger charge is -2.19. The molecule has 2 heterocycles. The maximum atomic E-state index is 11.9. The number of nitrogens with two attached hydrogens (primary N) is 1. The standard InChI is InChI=1S/C14H22N4O.2ClH/c1-14(2,15)10-17-13(19)11-5-6-12(16-9-11)18-7-3-4-8-18;;/h5-6,9H,3-4,7-8,10,15H2,1-2H3,(H,17,19);2*1H. The molecule has 0 atom stereocenters. The second-order valence-electron chi connectivity index (χ2n) is 5.77. The van der Waals surface area contributed by atoms with Crippen molar-refractivity contribution in [3.05, 3.63) is 23.9 Å². The van der Waals surface area contributed by atoms with Crippen molar-refractivity contribution in [2.24, 2.45) is 5.73 Å². The molecule has 1 fully saturated rings. The van der Waals surface area contributed by atoms with Gasteiger partial charge in [0.15, 0.2) is 0 Å². The Labute approximate surface area is 138 Å². The summed E-state index contributed by atoms with van der Waals surface area (Å²) < 4.78 is 0. The van der Waals surface area contributed by atoms with Crippen molar-refractivity contribution in [2.45, 2.75) is 32.2 Å². The van der Waals surface area contributed by atoms with Crippen LogP contribution in [0.5, 0.6) is 0 Å². The van der Waals surface area contributed by atoms with Crippen LogP contribution in [-0.4, -0.2) is 36.1 Å². The van der Waals surface area contributed by atoms with Gasteiger partial charge in [-0.1, -0.05) is 0 Å². The van der Waals surface area contributed by atoms with E-state index in [-0.39, 0.29) is 30.7 Å². The maximum Gasteiger partial charge on any atom is 0.252 e. The third-order valence-electron chi connectivity index (χ3n) is 3.14. The first-order valence-corrected chi connectivity index (χ1v) is 6.74. The van der Waals surface area contributed by atoms with Gasteiger partial charge in [-0.15, -0.1) is 24.8 Å². The predicted octanol–water partition coefficient (Wildman–Crippen LogP) is 1.99. The summed E-state index contributed by atoms with van der Waals surface area (Å²) in [5.41, 5.74) is 6.00. The monoisotopic (exact) mass is 334 g/mol. The zero-order valence-corrected chi connectivity index (χ0v) is 14.1. The van der Waals surface area contributed by atoms with E-state index in [0.29, 0.717) is 12.1 Å². The molecule has 0 radical (unpaired) electrons. The van der Waals surface area contributed by atoms with Crippen LogP contribution in [0.1, 0.15) is 37.0 Å². The van der Waals surface area contributed by atoms with E-state index in [4.69, 9.17) is 5.73 Å². The van der Waals surface area contributed by atoms with Gasteiger partial charge < -0.3 is 16.0 Å². The van der Waals surface area contributed by atoms with Crippen LogP contribution in [0.15, 0.2) is 18.3 Å².